The van der Waals surface area contributed by atoms with E-state index in [9.17, 15) is 4.79 Å². The molecule has 0 atom stereocenters. The Bertz CT molecular complexity index is 92.2. The fourth-order valence-corrected chi connectivity index (χ4v) is 0.405. The Hall–Kier alpha value is -0.450. The van der Waals surface area contributed by atoms with Crippen molar-refractivity contribution in [2.24, 2.45) is 5.73 Å². The summed E-state index contributed by atoms with van der Waals surface area (Å²) in [6, 6.07) is 0. The monoisotopic (exact) mass is 133 g/mol. The summed E-state index contributed by atoms with van der Waals surface area (Å²) in [6.07, 6.45) is -1.17. The van der Waals surface area contributed by atoms with Crippen LogP contribution < -0.4 is 5.73 Å². The summed E-state index contributed by atoms with van der Waals surface area (Å²) in [4.78, 5) is 10.3. The summed E-state index contributed by atoms with van der Waals surface area (Å²) < 4.78 is 0. The van der Waals surface area contributed by atoms with Crippen LogP contribution in [0.4, 0.5) is 0 Å². The average molecular weight is 133 g/mol. The van der Waals surface area contributed by atoms with Crippen LogP contribution in [-0.2, 0) is 4.79 Å². The predicted octanol–water partition coefficient (Wildman–Crippen LogP) is -1.39. The van der Waals surface area contributed by atoms with Crippen LogP contribution in [0.15, 0.2) is 0 Å². The Labute approximate surface area is 53.3 Å². The molecule has 0 rings (SSSR count). The number of carbonyl (C=O) groups is 1. The van der Waals surface area contributed by atoms with Gasteiger partial charge in [0.2, 0.25) is 6.29 Å². The van der Waals surface area contributed by atoms with Crippen molar-refractivity contribution in [3.63, 3.8) is 0 Å². The minimum absolute atomic E-state index is 0.147. The molecule has 9 heavy (non-hydrogen) atoms. The molecular weight excluding hydrogens is 122 g/mol. The van der Waals surface area contributed by atoms with Gasteiger partial charge in [-0.05, 0) is 13.0 Å². The van der Waals surface area contributed by atoms with E-state index < -0.39 is 12.1 Å². The van der Waals surface area contributed by atoms with Crippen molar-refractivity contribution in [2.45, 2.75) is 19.1 Å². The van der Waals surface area contributed by atoms with Gasteiger partial charge in [0.1, 0.15) is 0 Å². The van der Waals surface area contributed by atoms with Gasteiger partial charge in [-0.2, -0.15) is 0 Å². The maximum atomic E-state index is 10.3. The molecule has 4 N–H and O–H groups in total. The average Bonchev–Trinajstić information content (AvgIpc) is 1.82. The van der Waals surface area contributed by atoms with Crippen molar-refractivity contribution < 1.29 is 15.0 Å². The number of nitrogens with two attached hydrogens (primary N) is 1. The standard InChI is InChI=1S/C5H11NO3/c6-3-1-2-4(7)5(8)9/h5,8-9H,1-3,6H2. The Morgan fingerprint density at radius 2 is 2.11 bits per heavy atom. The number of aliphatic hydroxyl groups is 2. The number of carbonyl (C=O) groups excluding carboxylic acids is 1. The lowest BCUT2D eigenvalue weighted by Gasteiger charge is -1.99. The highest BCUT2D eigenvalue weighted by Gasteiger charge is 2.08. The maximum Gasteiger partial charge on any atom is 0.212 e. The van der Waals surface area contributed by atoms with Crippen LogP contribution in [0.3, 0.4) is 0 Å². The van der Waals surface area contributed by atoms with E-state index >= 15 is 0 Å². The predicted molar refractivity (Wildman–Crippen MR) is 31.5 cm³/mol. The Morgan fingerprint density at radius 1 is 1.56 bits per heavy atom. The molecule has 0 aliphatic carbocycles. The molecule has 0 bridgehead atoms. The lowest BCUT2D eigenvalue weighted by atomic mass is 10.2. The van der Waals surface area contributed by atoms with Gasteiger partial charge in [-0.15, -0.1) is 0 Å². The van der Waals surface area contributed by atoms with Gasteiger partial charge in [0.05, 0.1) is 0 Å². The molecule has 0 heterocycles. The van der Waals surface area contributed by atoms with E-state index in [1.54, 1.807) is 0 Å². The number of hydrogen-bond donors (Lipinski definition) is 3. The van der Waals surface area contributed by atoms with Gasteiger partial charge < -0.3 is 15.9 Å². The first-order chi connectivity index (χ1) is 4.18. The normalized spacial score (nSPS) is 10.2. The Balaban J connectivity index is 3.28. The molecule has 54 valence electrons. The summed E-state index contributed by atoms with van der Waals surface area (Å²) in [5.74, 6) is -0.569. The second-order valence-corrected chi connectivity index (χ2v) is 1.73. The largest absolute Gasteiger partial charge is 0.362 e. The molecular formula is C5H11NO3. The lowest BCUT2D eigenvalue weighted by molar-refractivity contribution is -0.144. The molecule has 4 nitrogen and oxygen atoms in total. The van der Waals surface area contributed by atoms with E-state index in [-0.39, 0.29) is 6.42 Å². The van der Waals surface area contributed by atoms with Gasteiger partial charge in [-0.1, -0.05) is 0 Å². The topological polar surface area (TPSA) is 83.6 Å². The first-order valence-corrected chi connectivity index (χ1v) is 2.77. The highest BCUT2D eigenvalue weighted by Crippen LogP contribution is 1.90. The molecule has 0 aliphatic heterocycles. The molecule has 0 aromatic carbocycles. The summed E-state index contributed by atoms with van der Waals surface area (Å²) in [5.41, 5.74) is 5.06. The molecule has 0 aromatic rings. The zero-order valence-electron chi connectivity index (χ0n) is 5.08. The zero-order valence-corrected chi connectivity index (χ0v) is 5.08. The quantitative estimate of drug-likeness (QED) is 0.412. The van der Waals surface area contributed by atoms with E-state index in [0.717, 1.165) is 0 Å². The van der Waals surface area contributed by atoms with Crippen molar-refractivity contribution in [3.05, 3.63) is 0 Å². The third-order valence-electron chi connectivity index (χ3n) is 0.915. The third-order valence-corrected chi connectivity index (χ3v) is 0.915. The number of aliphatic hydroxyl groups excluding tert-OH is 1. The molecule has 0 fully saturated rings. The number of hydrogen-bond acceptors (Lipinski definition) is 4. The van der Waals surface area contributed by atoms with Crippen LogP contribution >= 0.6 is 0 Å². The molecule has 0 saturated carbocycles. The summed E-state index contributed by atoms with van der Waals surface area (Å²) in [6.45, 7) is 0.401. The van der Waals surface area contributed by atoms with Crippen LogP contribution in [0.2, 0.25) is 0 Å². The first kappa shape index (κ1) is 8.55. The van der Waals surface area contributed by atoms with Gasteiger partial charge in [0, 0.05) is 6.42 Å². The number of Topliss-reactive ketones (excluding diaryl/α,β-unsaturated/α-hetero) is 1. The Morgan fingerprint density at radius 3 is 2.44 bits per heavy atom. The lowest BCUT2D eigenvalue weighted by Crippen LogP contribution is -2.19. The van der Waals surface area contributed by atoms with Crippen LogP contribution in [0, 0.1) is 0 Å². The summed E-state index contributed by atoms with van der Waals surface area (Å²) >= 11 is 0. The maximum absolute atomic E-state index is 10.3. The second kappa shape index (κ2) is 4.43. The van der Waals surface area contributed by atoms with Crippen molar-refractivity contribution in [2.75, 3.05) is 6.54 Å². The van der Waals surface area contributed by atoms with E-state index in [1.807, 2.05) is 0 Å². The van der Waals surface area contributed by atoms with E-state index in [2.05, 4.69) is 0 Å². The fraction of sp³-hybridized carbons (Fsp3) is 0.800. The third kappa shape index (κ3) is 4.08. The van der Waals surface area contributed by atoms with Gasteiger partial charge in [0.15, 0.2) is 5.78 Å². The Kier molecular flexibility index (Phi) is 4.21. The molecule has 0 amide bonds. The molecule has 0 aliphatic rings. The molecule has 0 saturated heterocycles. The van der Waals surface area contributed by atoms with E-state index in [4.69, 9.17) is 15.9 Å². The van der Waals surface area contributed by atoms with Crippen LogP contribution in [0.5, 0.6) is 0 Å². The van der Waals surface area contributed by atoms with E-state index in [0.29, 0.717) is 13.0 Å². The molecule has 4 heteroatoms. The van der Waals surface area contributed by atoms with Crippen molar-refractivity contribution >= 4 is 5.78 Å². The minimum Gasteiger partial charge on any atom is -0.362 e. The molecule has 0 radical (unpaired) electrons. The van der Waals surface area contributed by atoms with Gasteiger partial charge in [-0.3, -0.25) is 4.79 Å². The fourth-order valence-electron chi connectivity index (χ4n) is 0.405. The first-order valence-electron chi connectivity index (χ1n) is 2.77. The summed E-state index contributed by atoms with van der Waals surface area (Å²) in [7, 11) is 0. The van der Waals surface area contributed by atoms with Crippen LogP contribution in [0.25, 0.3) is 0 Å². The van der Waals surface area contributed by atoms with Crippen molar-refractivity contribution in [1.82, 2.24) is 0 Å². The van der Waals surface area contributed by atoms with Crippen LogP contribution in [0.1, 0.15) is 12.8 Å². The second-order valence-electron chi connectivity index (χ2n) is 1.73. The van der Waals surface area contributed by atoms with Gasteiger partial charge >= 0.3 is 0 Å². The molecule has 0 unspecified atom stereocenters. The minimum atomic E-state index is -1.82. The van der Waals surface area contributed by atoms with Crippen molar-refractivity contribution in [1.29, 1.82) is 0 Å². The number of ketones is 1. The smallest absolute Gasteiger partial charge is 0.212 e. The van der Waals surface area contributed by atoms with E-state index in [1.165, 1.54) is 0 Å². The van der Waals surface area contributed by atoms with Crippen LogP contribution in [-0.4, -0.2) is 28.8 Å². The SMILES string of the molecule is NCCCC(=O)C(O)O. The van der Waals surface area contributed by atoms with Crippen molar-refractivity contribution in [3.8, 4) is 0 Å². The summed E-state index contributed by atoms with van der Waals surface area (Å²) in [5, 5.41) is 16.4. The van der Waals surface area contributed by atoms with Gasteiger partial charge in [0.25, 0.3) is 0 Å². The number of rotatable bonds is 4. The highest BCUT2D eigenvalue weighted by molar-refractivity contribution is 5.81. The zero-order chi connectivity index (χ0) is 7.28. The van der Waals surface area contributed by atoms with Gasteiger partial charge in [-0.25, -0.2) is 0 Å². The highest BCUT2D eigenvalue weighted by atomic mass is 16.5. The molecule has 0 aromatic heterocycles. The molecule has 0 spiro atoms.